The number of hydrogen-bond acceptors (Lipinski definition) is 0. The maximum absolute atomic E-state index is 12.4. The van der Waals surface area contributed by atoms with Crippen LogP contribution in [0.25, 0.3) is 0 Å². The fourth-order valence-corrected chi connectivity index (χ4v) is 1.79. The van der Waals surface area contributed by atoms with E-state index in [1.807, 2.05) is 12.1 Å². The predicted octanol–water partition coefficient (Wildman–Crippen LogP) is 2.00. The Hall–Kier alpha value is -0.633. The summed E-state index contributed by atoms with van der Waals surface area (Å²) >= 11 is 0. The van der Waals surface area contributed by atoms with Crippen LogP contribution in [0.2, 0.25) is 12.6 Å². The molecule has 0 aliphatic heterocycles. The van der Waals surface area contributed by atoms with Gasteiger partial charge < -0.3 is 0 Å². The molecule has 0 N–H and O–H groups in total. The zero-order chi connectivity index (χ0) is 8.10. The predicted molar refractivity (Wildman–Crippen MR) is 49.3 cm³/mol. The number of halogens is 1. The van der Waals surface area contributed by atoms with Gasteiger partial charge in [-0.3, -0.25) is 0 Å². The van der Waals surface area contributed by atoms with E-state index >= 15 is 0 Å². The summed E-state index contributed by atoms with van der Waals surface area (Å²) in [6.45, 7) is 2.30. The minimum absolute atomic E-state index is 0.137. The van der Waals surface area contributed by atoms with Crippen molar-refractivity contribution in [3.8, 4) is 0 Å². The lowest BCUT2D eigenvalue weighted by molar-refractivity contribution is 0.627. The van der Waals surface area contributed by atoms with Crippen molar-refractivity contribution in [2.75, 3.05) is 0 Å². The van der Waals surface area contributed by atoms with Gasteiger partial charge in [0.25, 0.3) is 0 Å². The Balaban J connectivity index is 2.52. The molecule has 0 fully saturated rings. The van der Waals surface area contributed by atoms with Crippen LogP contribution in [0.4, 0.5) is 4.39 Å². The fourth-order valence-electron chi connectivity index (χ4n) is 1.03. The number of rotatable bonds is 3. The van der Waals surface area contributed by atoms with E-state index in [0.29, 0.717) is 0 Å². The van der Waals surface area contributed by atoms with Crippen molar-refractivity contribution in [1.29, 1.82) is 0 Å². The van der Waals surface area contributed by atoms with Gasteiger partial charge in [0.2, 0.25) is 0 Å². The van der Waals surface area contributed by atoms with E-state index in [4.69, 9.17) is 0 Å². The summed E-state index contributed by atoms with van der Waals surface area (Å²) in [7, 11) is 0.167. The number of hydrogen-bond donors (Lipinski definition) is 0. The molecular weight excluding hydrogens is 155 g/mol. The Morgan fingerprint density at radius 2 is 1.91 bits per heavy atom. The van der Waals surface area contributed by atoms with Crippen LogP contribution in [0.15, 0.2) is 24.3 Å². The van der Waals surface area contributed by atoms with Gasteiger partial charge in [-0.05, 0) is 24.1 Å². The second-order valence-electron chi connectivity index (χ2n) is 2.73. The third-order valence-electron chi connectivity index (χ3n) is 1.73. The van der Waals surface area contributed by atoms with E-state index in [2.05, 4.69) is 6.55 Å². The van der Waals surface area contributed by atoms with Crippen molar-refractivity contribution in [1.82, 2.24) is 0 Å². The number of benzene rings is 1. The Labute approximate surface area is 69.3 Å². The van der Waals surface area contributed by atoms with Crippen LogP contribution in [0.1, 0.15) is 5.56 Å². The van der Waals surface area contributed by atoms with Gasteiger partial charge in [0.1, 0.15) is 5.82 Å². The van der Waals surface area contributed by atoms with Gasteiger partial charge in [0.15, 0.2) is 0 Å². The molecule has 0 saturated carbocycles. The van der Waals surface area contributed by atoms with Gasteiger partial charge in [0.05, 0.1) is 0 Å². The molecular formula is C9H13FSi. The summed E-state index contributed by atoms with van der Waals surface area (Å²) in [6.07, 6.45) is 1.13. The molecule has 60 valence electrons. The minimum atomic E-state index is -0.137. The van der Waals surface area contributed by atoms with Gasteiger partial charge in [-0.2, -0.15) is 0 Å². The molecule has 0 saturated heterocycles. The van der Waals surface area contributed by atoms with Crippen LogP contribution >= 0.6 is 0 Å². The monoisotopic (exact) mass is 168 g/mol. The summed E-state index contributed by atoms with van der Waals surface area (Å²) in [5.74, 6) is -0.137. The molecule has 1 aromatic carbocycles. The molecule has 0 nitrogen and oxygen atoms in total. The van der Waals surface area contributed by atoms with E-state index < -0.39 is 0 Å². The molecule has 1 aromatic rings. The van der Waals surface area contributed by atoms with Crippen molar-refractivity contribution in [3.05, 3.63) is 35.6 Å². The molecule has 2 heteroatoms. The maximum Gasteiger partial charge on any atom is 0.123 e. The van der Waals surface area contributed by atoms with Gasteiger partial charge in [-0.1, -0.05) is 24.7 Å². The van der Waals surface area contributed by atoms with E-state index in [-0.39, 0.29) is 15.3 Å². The molecule has 0 aliphatic carbocycles. The Morgan fingerprint density at radius 1 is 1.27 bits per heavy atom. The molecule has 0 amide bonds. The standard InChI is InChI=1S/C9H13FSi/c1-11-7-6-8-2-4-9(10)5-3-8/h2-5H,6-7,11H2,1H3. The molecule has 1 rings (SSSR count). The molecule has 0 radical (unpaired) electrons. The first-order valence-electron chi connectivity index (χ1n) is 4.07. The molecule has 0 atom stereocenters. The second-order valence-corrected chi connectivity index (χ2v) is 4.44. The summed E-state index contributed by atoms with van der Waals surface area (Å²) in [4.78, 5) is 0. The molecule has 0 aromatic heterocycles. The van der Waals surface area contributed by atoms with Crippen molar-refractivity contribution in [3.63, 3.8) is 0 Å². The van der Waals surface area contributed by atoms with Gasteiger partial charge in [-0.15, -0.1) is 0 Å². The lowest BCUT2D eigenvalue weighted by Crippen LogP contribution is -1.88. The maximum atomic E-state index is 12.4. The molecule has 0 heterocycles. The van der Waals surface area contributed by atoms with E-state index in [1.54, 1.807) is 0 Å². The number of aryl methyl sites for hydroxylation is 1. The van der Waals surface area contributed by atoms with Crippen LogP contribution in [0.5, 0.6) is 0 Å². The lowest BCUT2D eigenvalue weighted by Gasteiger charge is -1.97. The third-order valence-corrected chi connectivity index (χ3v) is 2.79. The fraction of sp³-hybridized carbons (Fsp3) is 0.333. The van der Waals surface area contributed by atoms with Crippen molar-refractivity contribution < 1.29 is 4.39 Å². The Bertz CT molecular complexity index is 205. The molecule has 0 bridgehead atoms. The van der Waals surface area contributed by atoms with Crippen LogP contribution in [0, 0.1) is 5.82 Å². The largest absolute Gasteiger partial charge is 0.207 e. The van der Waals surface area contributed by atoms with E-state index in [9.17, 15) is 4.39 Å². The quantitative estimate of drug-likeness (QED) is 0.606. The highest BCUT2D eigenvalue weighted by Gasteiger charge is 1.92. The smallest absolute Gasteiger partial charge is 0.123 e. The van der Waals surface area contributed by atoms with Gasteiger partial charge in [-0.25, -0.2) is 4.39 Å². The zero-order valence-electron chi connectivity index (χ0n) is 6.81. The molecule has 0 aliphatic rings. The van der Waals surface area contributed by atoms with Crippen molar-refractivity contribution >= 4 is 9.52 Å². The zero-order valence-corrected chi connectivity index (χ0v) is 8.22. The highest BCUT2D eigenvalue weighted by Crippen LogP contribution is 2.04. The molecule has 11 heavy (non-hydrogen) atoms. The van der Waals surface area contributed by atoms with E-state index in [1.165, 1.54) is 23.7 Å². The second kappa shape index (κ2) is 4.29. The highest BCUT2D eigenvalue weighted by atomic mass is 28.2. The topological polar surface area (TPSA) is 0 Å². The minimum Gasteiger partial charge on any atom is -0.207 e. The Kier molecular flexibility index (Phi) is 3.30. The Morgan fingerprint density at radius 3 is 2.45 bits per heavy atom. The highest BCUT2D eigenvalue weighted by molar-refractivity contribution is 6.33. The first-order chi connectivity index (χ1) is 5.33. The summed E-state index contributed by atoms with van der Waals surface area (Å²) in [5, 5.41) is 0. The van der Waals surface area contributed by atoms with Gasteiger partial charge in [0, 0.05) is 9.52 Å². The summed E-state index contributed by atoms with van der Waals surface area (Å²) < 4.78 is 12.4. The summed E-state index contributed by atoms with van der Waals surface area (Å²) in [5.41, 5.74) is 1.26. The first kappa shape index (κ1) is 8.46. The van der Waals surface area contributed by atoms with Crippen LogP contribution < -0.4 is 0 Å². The van der Waals surface area contributed by atoms with Crippen LogP contribution in [-0.4, -0.2) is 9.52 Å². The molecule has 0 unspecified atom stereocenters. The third kappa shape index (κ3) is 2.85. The molecule has 0 spiro atoms. The van der Waals surface area contributed by atoms with Crippen LogP contribution in [0.3, 0.4) is 0 Å². The lowest BCUT2D eigenvalue weighted by atomic mass is 10.2. The average molecular weight is 168 g/mol. The van der Waals surface area contributed by atoms with Crippen molar-refractivity contribution in [2.45, 2.75) is 19.0 Å². The normalized spacial score (nSPS) is 11.1. The van der Waals surface area contributed by atoms with Crippen LogP contribution in [-0.2, 0) is 6.42 Å². The average Bonchev–Trinajstić information content (AvgIpc) is 2.04. The SMILES string of the molecule is C[SiH2]CCc1ccc(F)cc1. The first-order valence-corrected chi connectivity index (χ1v) is 6.49. The van der Waals surface area contributed by atoms with Crippen molar-refractivity contribution in [2.24, 2.45) is 0 Å². The summed E-state index contributed by atoms with van der Waals surface area (Å²) in [6, 6.07) is 8.14. The van der Waals surface area contributed by atoms with E-state index in [0.717, 1.165) is 6.42 Å². The van der Waals surface area contributed by atoms with Gasteiger partial charge >= 0.3 is 0 Å².